The molecule has 238 valence electrons. The Hall–Kier alpha value is -4.37. The van der Waals surface area contributed by atoms with Gasteiger partial charge in [0.05, 0.1) is 31.9 Å². The Bertz CT molecular complexity index is 1260. The van der Waals surface area contributed by atoms with Crippen LogP contribution in [0.5, 0.6) is 0 Å². The molecule has 1 aliphatic heterocycles. The van der Waals surface area contributed by atoms with Crippen molar-refractivity contribution >= 4 is 35.5 Å². The summed E-state index contributed by atoms with van der Waals surface area (Å²) in [6.07, 6.45) is 0. The highest BCUT2D eigenvalue weighted by molar-refractivity contribution is 6.02. The summed E-state index contributed by atoms with van der Waals surface area (Å²) in [6, 6.07) is 16.3. The maximum Gasteiger partial charge on any atom is 0.323 e. The van der Waals surface area contributed by atoms with E-state index in [1.54, 1.807) is 37.8 Å². The molecule has 0 aliphatic carbocycles. The van der Waals surface area contributed by atoms with Crippen LogP contribution in [0.2, 0.25) is 0 Å². The number of para-hydroxylation sites is 1. The van der Waals surface area contributed by atoms with Gasteiger partial charge in [0.2, 0.25) is 5.91 Å². The monoisotopic (exact) mass is 613 g/mol. The number of nitrogens with zero attached hydrogens (tertiary/aromatic N) is 5. The second-order valence-corrected chi connectivity index (χ2v) is 10.5. The van der Waals surface area contributed by atoms with Crippen LogP contribution in [0.3, 0.4) is 0 Å². The van der Waals surface area contributed by atoms with Crippen molar-refractivity contribution in [2.24, 2.45) is 0 Å². The third kappa shape index (κ3) is 11.4. The molecule has 14 nitrogen and oxygen atoms in total. The second-order valence-electron chi connectivity index (χ2n) is 10.5. The van der Waals surface area contributed by atoms with E-state index in [1.807, 2.05) is 36.4 Å². The van der Waals surface area contributed by atoms with Gasteiger partial charge in [-0.25, -0.2) is 0 Å². The molecule has 2 aromatic rings. The number of aliphatic carboxylic acids is 4. The van der Waals surface area contributed by atoms with E-state index in [9.17, 15) is 44.4 Å². The topological polar surface area (TPSA) is 182 Å². The van der Waals surface area contributed by atoms with Crippen molar-refractivity contribution in [3.8, 4) is 11.1 Å². The molecular weight excluding hydrogens is 574 g/mol. The van der Waals surface area contributed by atoms with Gasteiger partial charge in [-0.2, -0.15) is 0 Å². The predicted molar refractivity (Wildman–Crippen MR) is 161 cm³/mol. The molecule has 1 fully saturated rings. The fourth-order valence-corrected chi connectivity index (χ4v) is 5.08. The predicted octanol–water partition coefficient (Wildman–Crippen LogP) is 0.247. The minimum Gasteiger partial charge on any atom is -0.480 e. The standard InChI is InChI=1S/C30H39N5O9/c36-26(35(22-30(43)44)25-9-5-4-8-24(25)23-6-2-1-3-7-23)18-31-10-12-32(19-27(37)38)14-16-34(21-29(41)42)17-15-33(13-11-31)20-28(39)40/h1-9H,10-22H2,(H,37,38)(H,39,40)(H,41,42)(H,43,44). The van der Waals surface area contributed by atoms with Crippen LogP contribution >= 0.6 is 0 Å². The molecule has 1 saturated heterocycles. The van der Waals surface area contributed by atoms with E-state index in [2.05, 4.69) is 0 Å². The zero-order valence-corrected chi connectivity index (χ0v) is 24.5. The number of anilines is 1. The Balaban J connectivity index is 1.87. The minimum atomic E-state index is -1.19. The lowest BCUT2D eigenvalue weighted by molar-refractivity contribution is -0.140. The van der Waals surface area contributed by atoms with Gasteiger partial charge < -0.3 is 20.4 Å². The summed E-state index contributed by atoms with van der Waals surface area (Å²) in [4.78, 5) is 68.2. The molecule has 0 radical (unpaired) electrons. The normalized spacial score (nSPS) is 16.4. The number of carbonyl (C=O) groups excluding carboxylic acids is 1. The smallest absolute Gasteiger partial charge is 0.323 e. The van der Waals surface area contributed by atoms with Gasteiger partial charge in [-0.3, -0.25) is 48.5 Å². The lowest BCUT2D eigenvalue weighted by Crippen LogP contribution is -2.50. The zero-order valence-electron chi connectivity index (χ0n) is 24.5. The molecule has 0 unspecified atom stereocenters. The molecule has 0 saturated carbocycles. The number of carboxylic acid groups (broad SMARTS) is 4. The van der Waals surface area contributed by atoms with Gasteiger partial charge in [0, 0.05) is 57.9 Å². The molecule has 4 N–H and O–H groups in total. The quantitative estimate of drug-likeness (QED) is 0.256. The highest BCUT2D eigenvalue weighted by Gasteiger charge is 2.26. The Morgan fingerprint density at radius 2 is 0.909 bits per heavy atom. The number of carboxylic acids is 4. The van der Waals surface area contributed by atoms with Gasteiger partial charge in [-0.05, 0) is 11.6 Å². The largest absolute Gasteiger partial charge is 0.480 e. The first-order chi connectivity index (χ1) is 21.0. The summed E-state index contributed by atoms with van der Waals surface area (Å²) >= 11 is 0. The first kappa shape index (κ1) is 34.1. The number of benzene rings is 2. The highest BCUT2D eigenvalue weighted by Crippen LogP contribution is 2.31. The van der Waals surface area contributed by atoms with Crippen molar-refractivity contribution in [2.75, 3.05) is 90.0 Å². The molecule has 0 spiro atoms. The van der Waals surface area contributed by atoms with Gasteiger partial charge in [-0.1, -0.05) is 48.5 Å². The van der Waals surface area contributed by atoms with E-state index in [0.717, 1.165) is 5.56 Å². The maximum absolute atomic E-state index is 13.8. The van der Waals surface area contributed by atoms with E-state index in [0.29, 0.717) is 11.3 Å². The summed E-state index contributed by atoms with van der Waals surface area (Å²) < 4.78 is 0. The third-order valence-corrected chi connectivity index (χ3v) is 7.24. The zero-order chi connectivity index (χ0) is 32.1. The fourth-order valence-electron chi connectivity index (χ4n) is 5.08. The van der Waals surface area contributed by atoms with Crippen molar-refractivity contribution in [1.29, 1.82) is 0 Å². The number of hydrogen-bond donors (Lipinski definition) is 4. The molecule has 44 heavy (non-hydrogen) atoms. The molecular formula is C30H39N5O9. The summed E-state index contributed by atoms with van der Waals surface area (Å²) in [5, 5.41) is 37.9. The van der Waals surface area contributed by atoms with Gasteiger partial charge in [-0.15, -0.1) is 0 Å². The summed E-state index contributed by atoms with van der Waals surface area (Å²) in [5.74, 6) is -4.83. The average molecular weight is 614 g/mol. The van der Waals surface area contributed by atoms with Crippen LogP contribution in [-0.2, 0) is 24.0 Å². The Labute approximate surface area is 255 Å². The highest BCUT2D eigenvalue weighted by atomic mass is 16.4. The third-order valence-electron chi connectivity index (χ3n) is 7.24. The van der Waals surface area contributed by atoms with Crippen molar-refractivity contribution in [3.05, 3.63) is 54.6 Å². The number of carbonyl (C=O) groups is 5. The maximum atomic E-state index is 13.8. The van der Waals surface area contributed by atoms with Crippen molar-refractivity contribution in [3.63, 3.8) is 0 Å². The SMILES string of the molecule is O=C(O)CN1CCN(CC(=O)O)CCN(CC(=O)N(CC(=O)O)c2ccccc2-c2ccccc2)CCN(CC(=O)O)CC1. The number of rotatable bonds is 12. The molecule has 1 aliphatic rings. The first-order valence-electron chi connectivity index (χ1n) is 14.2. The van der Waals surface area contributed by atoms with E-state index >= 15 is 0 Å². The van der Waals surface area contributed by atoms with Crippen LogP contribution in [0.25, 0.3) is 11.1 Å². The lowest BCUT2D eigenvalue weighted by atomic mass is 10.0. The second kappa shape index (κ2) is 17.1. The fraction of sp³-hybridized carbons (Fsp3) is 0.433. The Kier molecular flexibility index (Phi) is 13.2. The Morgan fingerprint density at radius 1 is 0.523 bits per heavy atom. The minimum absolute atomic E-state index is 0.191. The van der Waals surface area contributed by atoms with E-state index in [1.165, 1.54) is 4.90 Å². The molecule has 1 heterocycles. The molecule has 0 bridgehead atoms. The van der Waals surface area contributed by atoms with Crippen molar-refractivity contribution in [1.82, 2.24) is 19.6 Å². The molecule has 0 aromatic heterocycles. The molecule has 3 rings (SSSR count). The van der Waals surface area contributed by atoms with Crippen LogP contribution in [0.1, 0.15) is 0 Å². The number of hydrogen-bond acceptors (Lipinski definition) is 9. The van der Waals surface area contributed by atoms with E-state index in [-0.39, 0.29) is 78.5 Å². The molecule has 0 atom stereocenters. The number of amides is 1. The molecule has 2 aromatic carbocycles. The molecule has 1 amide bonds. The average Bonchev–Trinajstić information content (AvgIpc) is 2.96. The van der Waals surface area contributed by atoms with Crippen LogP contribution in [0, 0.1) is 0 Å². The summed E-state index contributed by atoms with van der Waals surface area (Å²) in [6.45, 7) is 0.322. The van der Waals surface area contributed by atoms with Crippen molar-refractivity contribution < 1.29 is 44.4 Å². The summed E-state index contributed by atoms with van der Waals surface area (Å²) in [7, 11) is 0. The lowest BCUT2D eigenvalue weighted by Gasteiger charge is -2.33. The van der Waals surface area contributed by atoms with Crippen LogP contribution < -0.4 is 4.90 Å². The van der Waals surface area contributed by atoms with Crippen LogP contribution in [-0.4, -0.2) is 155 Å². The summed E-state index contributed by atoms with van der Waals surface area (Å²) in [5.41, 5.74) is 1.92. The Morgan fingerprint density at radius 3 is 1.32 bits per heavy atom. The van der Waals surface area contributed by atoms with Crippen LogP contribution in [0.15, 0.2) is 54.6 Å². The first-order valence-corrected chi connectivity index (χ1v) is 14.2. The van der Waals surface area contributed by atoms with Gasteiger partial charge in [0.15, 0.2) is 0 Å². The van der Waals surface area contributed by atoms with E-state index < -0.39 is 36.3 Å². The van der Waals surface area contributed by atoms with Gasteiger partial charge in [0.25, 0.3) is 0 Å². The van der Waals surface area contributed by atoms with Gasteiger partial charge >= 0.3 is 23.9 Å². The molecule has 14 heteroatoms. The van der Waals surface area contributed by atoms with Crippen molar-refractivity contribution in [2.45, 2.75) is 0 Å². The van der Waals surface area contributed by atoms with Crippen LogP contribution in [0.4, 0.5) is 5.69 Å². The van der Waals surface area contributed by atoms with Gasteiger partial charge in [0.1, 0.15) is 6.54 Å². The van der Waals surface area contributed by atoms with E-state index in [4.69, 9.17) is 0 Å².